The first-order valence-corrected chi connectivity index (χ1v) is 11.1. The number of benzene rings is 1. The summed E-state index contributed by atoms with van der Waals surface area (Å²) in [6, 6.07) is 9.87. The van der Waals surface area contributed by atoms with Crippen LogP contribution in [-0.4, -0.2) is 43.6 Å². The summed E-state index contributed by atoms with van der Waals surface area (Å²) < 4.78 is 14.5. The Bertz CT molecular complexity index is 1340. The summed E-state index contributed by atoms with van der Waals surface area (Å²) in [5.41, 5.74) is 4.10. The molecule has 1 atom stereocenters. The van der Waals surface area contributed by atoms with E-state index in [0.29, 0.717) is 33.1 Å². The van der Waals surface area contributed by atoms with E-state index in [4.69, 9.17) is 16.6 Å². The molecule has 1 aliphatic heterocycles. The fourth-order valence-electron chi connectivity index (χ4n) is 4.42. The first-order valence-electron chi connectivity index (χ1n) is 10.7. The maximum atomic E-state index is 14.5. The standard InChI is InChI=1S/C24H21ClFN5O2/c25-14-4-5-18(26)17(9-14)23-24(29-13-28-23)20-7-6-19-21(30-20)10-16(12-27-19)31-8-2-1-3-15(31)11-22(32)33/h4-7,9-10,12-13,15H,1-3,8,11H2,(H,28,29)(H,32,33). The molecule has 3 aromatic heterocycles. The molecule has 1 unspecified atom stereocenters. The summed E-state index contributed by atoms with van der Waals surface area (Å²) in [6.07, 6.45) is 6.21. The van der Waals surface area contributed by atoms with Crippen molar-refractivity contribution in [1.82, 2.24) is 19.9 Å². The van der Waals surface area contributed by atoms with Crippen LogP contribution in [-0.2, 0) is 4.79 Å². The molecule has 0 amide bonds. The van der Waals surface area contributed by atoms with E-state index < -0.39 is 11.8 Å². The maximum absolute atomic E-state index is 14.5. The van der Waals surface area contributed by atoms with Crippen LogP contribution in [0.3, 0.4) is 0 Å². The van der Waals surface area contributed by atoms with Gasteiger partial charge in [0.1, 0.15) is 11.5 Å². The van der Waals surface area contributed by atoms with E-state index >= 15 is 0 Å². The van der Waals surface area contributed by atoms with Crippen molar-refractivity contribution in [3.05, 3.63) is 59.8 Å². The van der Waals surface area contributed by atoms with E-state index in [9.17, 15) is 14.3 Å². The van der Waals surface area contributed by atoms with Crippen molar-refractivity contribution < 1.29 is 14.3 Å². The molecule has 0 radical (unpaired) electrons. The molecule has 2 N–H and O–H groups in total. The van der Waals surface area contributed by atoms with Gasteiger partial charge in [-0.1, -0.05) is 11.6 Å². The van der Waals surface area contributed by atoms with Crippen LogP contribution in [0.2, 0.25) is 5.02 Å². The molecule has 4 aromatic rings. The highest BCUT2D eigenvalue weighted by Crippen LogP contribution is 2.33. The Morgan fingerprint density at radius 1 is 1.18 bits per heavy atom. The third-order valence-corrected chi connectivity index (χ3v) is 6.21. The summed E-state index contributed by atoms with van der Waals surface area (Å²) >= 11 is 6.07. The highest BCUT2D eigenvalue weighted by atomic mass is 35.5. The predicted molar refractivity (Wildman–Crippen MR) is 125 cm³/mol. The van der Waals surface area contributed by atoms with Crippen LogP contribution >= 0.6 is 11.6 Å². The van der Waals surface area contributed by atoms with E-state index in [2.05, 4.69) is 19.9 Å². The Labute approximate surface area is 194 Å². The van der Waals surface area contributed by atoms with Gasteiger partial charge in [-0.05, 0) is 55.7 Å². The van der Waals surface area contributed by atoms with E-state index in [1.54, 1.807) is 6.20 Å². The zero-order chi connectivity index (χ0) is 22.9. The first-order chi connectivity index (χ1) is 16.0. The lowest BCUT2D eigenvalue weighted by molar-refractivity contribution is -0.137. The number of aliphatic carboxylic acids is 1. The number of nitrogens with zero attached hydrogens (tertiary/aromatic N) is 4. The number of carboxylic acid groups (broad SMARTS) is 1. The zero-order valence-corrected chi connectivity index (χ0v) is 18.4. The average Bonchev–Trinajstić information content (AvgIpc) is 3.29. The smallest absolute Gasteiger partial charge is 0.305 e. The predicted octanol–water partition coefficient (Wildman–Crippen LogP) is 5.31. The molecule has 4 heterocycles. The number of rotatable bonds is 5. The van der Waals surface area contributed by atoms with Gasteiger partial charge in [0.2, 0.25) is 0 Å². The van der Waals surface area contributed by atoms with Gasteiger partial charge in [0.05, 0.1) is 47.1 Å². The number of piperidine rings is 1. The van der Waals surface area contributed by atoms with Crippen LogP contribution in [0, 0.1) is 5.82 Å². The quantitative estimate of drug-likeness (QED) is 0.414. The zero-order valence-electron chi connectivity index (χ0n) is 17.6. The number of carboxylic acids is 1. The Balaban J connectivity index is 1.54. The number of hydrogen-bond donors (Lipinski definition) is 2. The Hall–Kier alpha value is -3.52. The minimum atomic E-state index is -0.805. The maximum Gasteiger partial charge on any atom is 0.305 e. The van der Waals surface area contributed by atoms with Gasteiger partial charge < -0.3 is 15.0 Å². The summed E-state index contributed by atoms with van der Waals surface area (Å²) in [5, 5.41) is 9.72. The molecule has 0 saturated carbocycles. The highest BCUT2D eigenvalue weighted by Gasteiger charge is 2.25. The van der Waals surface area contributed by atoms with Crippen molar-refractivity contribution in [3.8, 4) is 22.6 Å². The first kappa shape index (κ1) is 21.3. The number of nitrogens with one attached hydrogen (secondary N) is 1. The summed E-state index contributed by atoms with van der Waals surface area (Å²) in [6.45, 7) is 0.781. The number of H-pyrrole nitrogens is 1. The van der Waals surface area contributed by atoms with E-state index in [0.717, 1.165) is 31.5 Å². The molecule has 168 valence electrons. The summed E-state index contributed by atoms with van der Waals surface area (Å²) in [4.78, 5) is 30.1. The molecule has 1 aromatic carbocycles. The molecular formula is C24H21ClFN5O2. The monoisotopic (exact) mass is 465 g/mol. The summed E-state index contributed by atoms with van der Waals surface area (Å²) in [7, 11) is 0. The van der Waals surface area contributed by atoms with Crippen LogP contribution in [0.1, 0.15) is 25.7 Å². The van der Waals surface area contributed by atoms with Crippen molar-refractivity contribution in [2.24, 2.45) is 0 Å². The lowest BCUT2D eigenvalue weighted by Gasteiger charge is -2.36. The fraction of sp³-hybridized carbons (Fsp3) is 0.250. The number of aromatic amines is 1. The number of imidazole rings is 1. The molecule has 1 aliphatic rings. The second kappa shape index (κ2) is 8.78. The third-order valence-electron chi connectivity index (χ3n) is 5.97. The molecule has 7 nitrogen and oxygen atoms in total. The van der Waals surface area contributed by atoms with E-state index in [1.807, 2.05) is 18.2 Å². The van der Waals surface area contributed by atoms with Gasteiger partial charge >= 0.3 is 5.97 Å². The molecule has 0 bridgehead atoms. The lowest BCUT2D eigenvalue weighted by atomic mass is 9.98. The molecule has 9 heteroatoms. The largest absolute Gasteiger partial charge is 0.481 e. The molecule has 33 heavy (non-hydrogen) atoms. The SMILES string of the molecule is O=C(O)CC1CCCCN1c1cnc2ccc(-c3[nH]cnc3-c3cc(Cl)ccc3F)nc2c1. The Kier molecular flexibility index (Phi) is 5.68. The minimum absolute atomic E-state index is 0.0660. The number of hydrogen-bond acceptors (Lipinski definition) is 5. The lowest BCUT2D eigenvalue weighted by Crippen LogP contribution is -2.41. The number of anilines is 1. The Morgan fingerprint density at radius 3 is 2.91 bits per heavy atom. The number of aromatic nitrogens is 4. The van der Waals surface area contributed by atoms with Gasteiger partial charge in [0.15, 0.2) is 0 Å². The van der Waals surface area contributed by atoms with Gasteiger partial charge in [-0.25, -0.2) is 14.4 Å². The van der Waals surface area contributed by atoms with Gasteiger partial charge in [-0.3, -0.25) is 9.78 Å². The minimum Gasteiger partial charge on any atom is -0.481 e. The number of carbonyl (C=O) groups is 1. The van der Waals surface area contributed by atoms with Crippen molar-refractivity contribution >= 4 is 34.3 Å². The average molecular weight is 466 g/mol. The highest BCUT2D eigenvalue weighted by molar-refractivity contribution is 6.30. The Morgan fingerprint density at radius 2 is 2.06 bits per heavy atom. The fourth-order valence-corrected chi connectivity index (χ4v) is 4.59. The van der Waals surface area contributed by atoms with Crippen LogP contribution < -0.4 is 4.90 Å². The third kappa shape index (κ3) is 4.26. The van der Waals surface area contributed by atoms with Crippen LogP contribution in [0.4, 0.5) is 10.1 Å². The molecule has 0 aliphatic carbocycles. The number of fused-ring (bicyclic) bond motifs is 1. The van der Waals surface area contributed by atoms with Gasteiger partial charge in [0.25, 0.3) is 0 Å². The van der Waals surface area contributed by atoms with E-state index in [-0.39, 0.29) is 18.0 Å². The van der Waals surface area contributed by atoms with Crippen molar-refractivity contribution in [2.45, 2.75) is 31.7 Å². The van der Waals surface area contributed by atoms with Crippen LogP contribution in [0.15, 0.2) is 48.9 Å². The number of halogens is 2. The molecular weight excluding hydrogens is 445 g/mol. The van der Waals surface area contributed by atoms with Crippen LogP contribution in [0.5, 0.6) is 0 Å². The molecule has 1 saturated heterocycles. The van der Waals surface area contributed by atoms with E-state index in [1.165, 1.54) is 24.5 Å². The second-order valence-corrected chi connectivity index (χ2v) is 8.56. The molecule has 5 rings (SSSR count). The van der Waals surface area contributed by atoms with Gasteiger partial charge in [-0.15, -0.1) is 0 Å². The second-order valence-electron chi connectivity index (χ2n) is 8.12. The summed E-state index contributed by atoms with van der Waals surface area (Å²) in [5.74, 6) is -1.23. The molecule has 1 fully saturated rings. The van der Waals surface area contributed by atoms with Crippen molar-refractivity contribution in [3.63, 3.8) is 0 Å². The number of pyridine rings is 2. The van der Waals surface area contributed by atoms with Crippen molar-refractivity contribution in [2.75, 3.05) is 11.4 Å². The topological polar surface area (TPSA) is 95.0 Å². The van der Waals surface area contributed by atoms with Gasteiger partial charge in [-0.2, -0.15) is 0 Å². The van der Waals surface area contributed by atoms with Crippen LogP contribution in [0.25, 0.3) is 33.7 Å². The van der Waals surface area contributed by atoms with Gasteiger partial charge in [0, 0.05) is 23.2 Å². The van der Waals surface area contributed by atoms with Crippen molar-refractivity contribution in [1.29, 1.82) is 0 Å². The molecule has 0 spiro atoms. The normalized spacial score (nSPS) is 16.3.